The van der Waals surface area contributed by atoms with Crippen molar-refractivity contribution in [3.05, 3.63) is 59.2 Å². The van der Waals surface area contributed by atoms with Crippen LogP contribution < -0.4 is 10.5 Å². The molecule has 0 saturated carbocycles. The summed E-state index contributed by atoms with van der Waals surface area (Å²) < 4.78 is 5.88. The molecule has 0 aromatic heterocycles. The van der Waals surface area contributed by atoms with E-state index in [9.17, 15) is 0 Å². The van der Waals surface area contributed by atoms with Crippen LogP contribution in [0.1, 0.15) is 23.6 Å². The minimum absolute atomic E-state index is 0.0175. The number of ether oxygens (including phenoxy) is 1. The molecule has 0 atom stereocenters. The van der Waals surface area contributed by atoms with Gasteiger partial charge in [0.25, 0.3) is 0 Å². The van der Waals surface area contributed by atoms with Crippen LogP contribution in [0.4, 0.5) is 0 Å². The maximum Gasteiger partial charge on any atom is 0.141 e. The van der Waals surface area contributed by atoms with Gasteiger partial charge in [0, 0.05) is 0 Å². The quantitative estimate of drug-likeness (QED) is 0.646. The highest BCUT2D eigenvalue weighted by atomic mass is 16.5. The number of amidine groups is 1. The van der Waals surface area contributed by atoms with Gasteiger partial charge in [0.1, 0.15) is 17.3 Å². The molecule has 0 aliphatic carbocycles. The molecule has 0 radical (unpaired) electrons. The lowest BCUT2D eigenvalue weighted by molar-refractivity contribution is 0.477. The molecule has 0 aliphatic rings. The zero-order chi connectivity index (χ0) is 13.8. The van der Waals surface area contributed by atoms with Gasteiger partial charge in [-0.15, -0.1) is 0 Å². The van der Waals surface area contributed by atoms with Crippen molar-refractivity contribution in [2.75, 3.05) is 0 Å². The molecule has 0 unspecified atom stereocenters. The van der Waals surface area contributed by atoms with Gasteiger partial charge in [-0.25, -0.2) is 0 Å². The largest absolute Gasteiger partial charge is 0.456 e. The fourth-order valence-corrected chi connectivity index (χ4v) is 1.91. The van der Waals surface area contributed by atoms with Crippen LogP contribution >= 0.6 is 0 Å². The van der Waals surface area contributed by atoms with Crippen molar-refractivity contribution < 1.29 is 4.74 Å². The van der Waals surface area contributed by atoms with Crippen LogP contribution in [-0.4, -0.2) is 5.84 Å². The molecule has 0 spiro atoms. The molecule has 0 heterocycles. The van der Waals surface area contributed by atoms with Crippen LogP contribution in [-0.2, 0) is 6.42 Å². The summed E-state index contributed by atoms with van der Waals surface area (Å²) in [5.74, 6) is 1.43. The van der Waals surface area contributed by atoms with E-state index in [-0.39, 0.29) is 5.84 Å². The lowest BCUT2D eigenvalue weighted by atomic mass is 10.1. The standard InChI is InChI=1S/C16H18N2O/c1-3-12-7-9-13(10-8-12)19-15-11(2)5-4-6-14(15)16(17)18/h4-10H,3H2,1-2H3,(H3,17,18). The zero-order valence-corrected chi connectivity index (χ0v) is 11.2. The molecule has 98 valence electrons. The van der Waals surface area contributed by atoms with Crippen LogP contribution in [0.25, 0.3) is 0 Å². The van der Waals surface area contributed by atoms with E-state index in [1.807, 2.05) is 43.3 Å². The molecule has 2 aromatic rings. The highest BCUT2D eigenvalue weighted by Gasteiger charge is 2.10. The minimum Gasteiger partial charge on any atom is -0.456 e. The van der Waals surface area contributed by atoms with Gasteiger partial charge in [0.2, 0.25) is 0 Å². The first-order chi connectivity index (χ1) is 9.11. The Labute approximate surface area is 113 Å². The number of aryl methyl sites for hydroxylation is 2. The molecule has 3 heteroatoms. The fourth-order valence-electron chi connectivity index (χ4n) is 1.91. The Hall–Kier alpha value is -2.29. The summed E-state index contributed by atoms with van der Waals surface area (Å²) in [6, 6.07) is 13.6. The Morgan fingerprint density at radius 3 is 2.42 bits per heavy atom. The lowest BCUT2D eigenvalue weighted by Gasteiger charge is -2.13. The maximum absolute atomic E-state index is 7.60. The predicted molar refractivity (Wildman–Crippen MR) is 78.1 cm³/mol. The summed E-state index contributed by atoms with van der Waals surface area (Å²) in [4.78, 5) is 0. The molecule has 0 bridgehead atoms. The summed E-state index contributed by atoms with van der Waals surface area (Å²) in [7, 11) is 0. The van der Waals surface area contributed by atoms with Crippen molar-refractivity contribution in [3.63, 3.8) is 0 Å². The Kier molecular flexibility index (Phi) is 3.85. The van der Waals surface area contributed by atoms with Gasteiger partial charge in [0.15, 0.2) is 0 Å². The van der Waals surface area contributed by atoms with Gasteiger partial charge < -0.3 is 10.5 Å². The van der Waals surface area contributed by atoms with Crippen molar-refractivity contribution in [2.24, 2.45) is 5.73 Å². The van der Waals surface area contributed by atoms with E-state index in [1.54, 1.807) is 6.07 Å². The SMILES string of the molecule is CCc1ccc(Oc2c(C)cccc2C(=N)N)cc1. The number of hydrogen-bond donors (Lipinski definition) is 2. The summed E-state index contributed by atoms with van der Waals surface area (Å²) in [6.45, 7) is 4.06. The third-order valence-corrected chi connectivity index (χ3v) is 3.05. The van der Waals surface area contributed by atoms with Gasteiger partial charge in [-0.2, -0.15) is 0 Å². The van der Waals surface area contributed by atoms with E-state index in [2.05, 4.69) is 6.92 Å². The predicted octanol–water partition coefficient (Wildman–Crippen LogP) is 3.63. The van der Waals surface area contributed by atoms with Crippen molar-refractivity contribution >= 4 is 5.84 Å². The summed E-state index contributed by atoms with van der Waals surface area (Å²) in [5.41, 5.74) is 8.44. The molecular formula is C16H18N2O. The number of benzene rings is 2. The van der Waals surface area contributed by atoms with Gasteiger partial charge in [-0.05, 0) is 42.7 Å². The number of nitrogens with one attached hydrogen (secondary N) is 1. The van der Waals surface area contributed by atoms with Crippen molar-refractivity contribution in [3.8, 4) is 11.5 Å². The van der Waals surface area contributed by atoms with Crippen LogP contribution in [0, 0.1) is 12.3 Å². The Bertz CT molecular complexity index is 588. The van der Waals surface area contributed by atoms with Gasteiger partial charge in [-0.1, -0.05) is 31.2 Å². The molecular weight excluding hydrogens is 236 g/mol. The molecule has 3 nitrogen and oxygen atoms in total. The minimum atomic E-state index is 0.0175. The zero-order valence-electron chi connectivity index (χ0n) is 11.2. The monoisotopic (exact) mass is 254 g/mol. The highest BCUT2D eigenvalue weighted by Crippen LogP contribution is 2.29. The molecule has 19 heavy (non-hydrogen) atoms. The van der Waals surface area contributed by atoms with Crippen LogP contribution in [0.3, 0.4) is 0 Å². The van der Waals surface area contributed by atoms with Crippen LogP contribution in [0.2, 0.25) is 0 Å². The molecule has 2 rings (SSSR count). The molecule has 0 fully saturated rings. The molecule has 0 amide bonds. The number of nitrogen functional groups attached to an aromatic ring is 1. The second-order valence-corrected chi connectivity index (χ2v) is 4.46. The maximum atomic E-state index is 7.60. The third kappa shape index (κ3) is 2.94. The Morgan fingerprint density at radius 2 is 1.84 bits per heavy atom. The lowest BCUT2D eigenvalue weighted by Crippen LogP contribution is -2.12. The summed E-state index contributed by atoms with van der Waals surface area (Å²) in [5, 5.41) is 7.60. The molecule has 3 N–H and O–H groups in total. The first kappa shape index (κ1) is 13.1. The number of para-hydroxylation sites is 1. The van der Waals surface area contributed by atoms with E-state index in [0.717, 1.165) is 17.7 Å². The van der Waals surface area contributed by atoms with Crippen molar-refractivity contribution in [1.29, 1.82) is 5.41 Å². The number of rotatable bonds is 4. The van der Waals surface area contributed by atoms with E-state index in [1.165, 1.54) is 5.56 Å². The number of nitrogens with two attached hydrogens (primary N) is 1. The van der Waals surface area contributed by atoms with Gasteiger partial charge in [0.05, 0.1) is 5.56 Å². The highest BCUT2D eigenvalue weighted by molar-refractivity contribution is 5.98. The van der Waals surface area contributed by atoms with Crippen molar-refractivity contribution in [1.82, 2.24) is 0 Å². The second kappa shape index (κ2) is 5.57. The molecule has 2 aromatic carbocycles. The van der Waals surface area contributed by atoms with Crippen LogP contribution in [0.15, 0.2) is 42.5 Å². The average Bonchev–Trinajstić information content (AvgIpc) is 2.41. The first-order valence-electron chi connectivity index (χ1n) is 6.32. The second-order valence-electron chi connectivity index (χ2n) is 4.46. The third-order valence-electron chi connectivity index (χ3n) is 3.05. The van der Waals surface area contributed by atoms with E-state index in [4.69, 9.17) is 15.9 Å². The summed E-state index contributed by atoms with van der Waals surface area (Å²) >= 11 is 0. The van der Waals surface area contributed by atoms with E-state index < -0.39 is 0 Å². The number of hydrogen-bond acceptors (Lipinski definition) is 2. The van der Waals surface area contributed by atoms with Crippen molar-refractivity contribution in [2.45, 2.75) is 20.3 Å². The topological polar surface area (TPSA) is 59.1 Å². The Balaban J connectivity index is 2.34. The molecule has 0 aliphatic heterocycles. The molecule has 0 saturated heterocycles. The Morgan fingerprint density at radius 1 is 1.16 bits per heavy atom. The smallest absolute Gasteiger partial charge is 0.141 e. The fraction of sp³-hybridized carbons (Fsp3) is 0.188. The van der Waals surface area contributed by atoms with Gasteiger partial charge in [-0.3, -0.25) is 5.41 Å². The van der Waals surface area contributed by atoms with E-state index in [0.29, 0.717) is 11.3 Å². The first-order valence-corrected chi connectivity index (χ1v) is 6.32. The van der Waals surface area contributed by atoms with Gasteiger partial charge >= 0.3 is 0 Å². The van der Waals surface area contributed by atoms with Crippen LogP contribution in [0.5, 0.6) is 11.5 Å². The summed E-state index contributed by atoms with van der Waals surface area (Å²) in [6.07, 6.45) is 1.00. The van der Waals surface area contributed by atoms with E-state index >= 15 is 0 Å². The average molecular weight is 254 g/mol. The normalized spacial score (nSPS) is 10.2.